The minimum absolute atomic E-state index is 0.269. The van der Waals surface area contributed by atoms with Gasteiger partial charge in [0.25, 0.3) is 5.91 Å². The minimum Gasteiger partial charge on any atom is -0.496 e. The van der Waals surface area contributed by atoms with Crippen LogP contribution in [0.25, 0.3) is 11.3 Å². The molecule has 6 bridgehead atoms. The Morgan fingerprint density at radius 2 is 2.03 bits per heavy atom. The summed E-state index contributed by atoms with van der Waals surface area (Å²) >= 11 is 0. The molecule has 0 atom stereocenters. The van der Waals surface area contributed by atoms with Gasteiger partial charge in [0, 0.05) is 41.7 Å². The highest BCUT2D eigenvalue weighted by Gasteiger charge is 2.13. The smallest absolute Gasteiger partial charge is 0.251 e. The second-order valence-corrected chi connectivity index (χ2v) is 7.13. The summed E-state index contributed by atoms with van der Waals surface area (Å²) in [4.78, 5) is 21.0. The molecule has 2 aliphatic rings. The number of hydrogen-bond acceptors (Lipinski definition) is 6. The largest absolute Gasteiger partial charge is 0.496 e. The molecule has 3 aromatic rings. The van der Waals surface area contributed by atoms with Gasteiger partial charge in [0.1, 0.15) is 11.6 Å². The van der Waals surface area contributed by atoms with Gasteiger partial charge in [-0.1, -0.05) is 0 Å². The molecule has 5 rings (SSSR count). The van der Waals surface area contributed by atoms with Crippen molar-refractivity contribution in [1.29, 1.82) is 0 Å². The monoisotopic (exact) mass is 422 g/mol. The molecule has 7 nitrogen and oxygen atoms in total. The van der Waals surface area contributed by atoms with E-state index in [2.05, 4.69) is 20.6 Å². The average Bonchev–Trinajstić information content (AvgIpc) is 2.78. The molecule has 2 aliphatic heterocycles. The van der Waals surface area contributed by atoms with Crippen molar-refractivity contribution in [2.45, 2.75) is 19.4 Å². The van der Waals surface area contributed by atoms with Crippen molar-refractivity contribution in [3.05, 3.63) is 65.6 Å². The molecule has 2 N–H and O–H groups in total. The van der Waals surface area contributed by atoms with E-state index >= 15 is 0 Å². The van der Waals surface area contributed by atoms with Gasteiger partial charge in [0.05, 0.1) is 19.4 Å². The number of ether oxygens (including phenoxy) is 2. The van der Waals surface area contributed by atoms with Crippen LogP contribution in [-0.2, 0) is 11.3 Å². The number of carbonyl (C=O) groups excluding carboxylic acids is 1. The normalized spacial score (nSPS) is 14.6. The molecular formula is C23H23FN4O3. The predicted molar refractivity (Wildman–Crippen MR) is 115 cm³/mol. The van der Waals surface area contributed by atoms with Gasteiger partial charge in [-0.3, -0.25) is 4.79 Å². The van der Waals surface area contributed by atoms with Crippen LogP contribution in [0.2, 0.25) is 0 Å². The molecule has 31 heavy (non-hydrogen) atoms. The third-order valence-electron chi connectivity index (χ3n) is 4.96. The maximum Gasteiger partial charge on any atom is 0.251 e. The van der Waals surface area contributed by atoms with Gasteiger partial charge in [0.15, 0.2) is 0 Å². The fourth-order valence-electron chi connectivity index (χ4n) is 3.35. The molecule has 2 aromatic carbocycles. The topological polar surface area (TPSA) is 85.4 Å². The van der Waals surface area contributed by atoms with Crippen LogP contribution in [-0.4, -0.2) is 36.1 Å². The van der Waals surface area contributed by atoms with Gasteiger partial charge in [-0.15, -0.1) is 0 Å². The van der Waals surface area contributed by atoms with Crippen LogP contribution < -0.4 is 15.4 Å². The minimum atomic E-state index is -0.518. The number of fused-ring (bicyclic) bond motifs is 9. The first kappa shape index (κ1) is 20.7. The number of methoxy groups -OCH3 is 1. The first-order valence-electron chi connectivity index (χ1n) is 10.1. The second kappa shape index (κ2) is 9.53. The number of halogens is 1. The lowest BCUT2D eigenvalue weighted by atomic mass is 10.1. The van der Waals surface area contributed by atoms with Crippen molar-refractivity contribution < 1.29 is 18.7 Å². The Hall–Kier alpha value is -3.52. The molecule has 0 radical (unpaired) electrons. The number of nitrogens with one attached hydrogen (secondary N) is 2. The quantitative estimate of drug-likeness (QED) is 0.615. The number of rotatable bonds is 1. The summed E-state index contributed by atoms with van der Waals surface area (Å²) in [6, 6.07) is 11.6. The van der Waals surface area contributed by atoms with Crippen LogP contribution in [0.3, 0.4) is 0 Å². The van der Waals surface area contributed by atoms with Crippen LogP contribution in [0.4, 0.5) is 16.0 Å². The molecule has 0 spiro atoms. The second-order valence-electron chi connectivity index (χ2n) is 7.13. The lowest BCUT2D eigenvalue weighted by molar-refractivity contribution is 0.0945. The fourth-order valence-corrected chi connectivity index (χ4v) is 3.35. The molecule has 1 amide bonds. The molecule has 0 saturated heterocycles. The molecule has 0 unspecified atom stereocenters. The van der Waals surface area contributed by atoms with E-state index in [-0.39, 0.29) is 11.5 Å². The van der Waals surface area contributed by atoms with Gasteiger partial charge in [-0.25, -0.2) is 14.4 Å². The summed E-state index contributed by atoms with van der Waals surface area (Å²) in [6.07, 6.45) is 3.10. The first-order valence-corrected chi connectivity index (χ1v) is 10.1. The standard InChI is InChI=1S/C23H23FN4O3/c1-30-21-7-5-17-12-16(21)14-31-11-3-2-9-25-22(29)15-4-6-18(19(24)13-15)20-8-10-26-23(27-17)28-20/h4-8,10,12-13H,2-3,9,11,14H2,1H3,(H,25,29)(H,26,27,28). The highest BCUT2D eigenvalue weighted by atomic mass is 19.1. The van der Waals surface area contributed by atoms with Crippen molar-refractivity contribution in [2.24, 2.45) is 0 Å². The molecule has 0 saturated carbocycles. The average molecular weight is 422 g/mol. The SMILES string of the molecule is COc1ccc2cc1COCCCCNC(=O)c1ccc(c(F)c1)-c1ccnc(n1)N2. The highest BCUT2D eigenvalue weighted by Crippen LogP contribution is 2.27. The van der Waals surface area contributed by atoms with Crippen LogP contribution in [0.15, 0.2) is 48.7 Å². The first-order chi connectivity index (χ1) is 15.1. The third-order valence-corrected chi connectivity index (χ3v) is 4.96. The lowest BCUT2D eigenvalue weighted by Gasteiger charge is -2.12. The molecule has 8 heteroatoms. The fraction of sp³-hybridized carbons (Fsp3) is 0.261. The van der Waals surface area contributed by atoms with E-state index in [1.54, 1.807) is 31.5 Å². The molecular weight excluding hydrogens is 399 g/mol. The Bertz CT molecular complexity index is 1090. The Kier molecular flexibility index (Phi) is 6.37. The maximum absolute atomic E-state index is 14.8. The van der Waals surface area contributed by atoms with E-state index in [1.807, 2.05) is 18.2 Å². The zero-order valence-corrected chi connectivity index (χ0v) is 17.2. The predicted octanol–water partition coefficient (Wildman–Crippen LogP) is 4.08. The van der Waals surface area contributed by atoms with E-state index < -0.39 is 5.82 Å². The van der Waals surface area contributed by atoms with E-state index in [1.165, 1.54) is 6.07 Å². The molecule has 0 aliphatic carbocycles. The Labute approximate surface area is 179 Å². The number of anilines is 2. The summed E-state index contributed by atoms with van der Waals surface area (Å²) < 4.78 is 26.0. The summed E-state index contributed by atoms with van der Waals surface area (Å²) in [7, 11) is 1.61. The van der Waals surface area contributed by atoms with Crippen LogP contribution in [0.1, 0.15) is 28.8 Å². The van der Waals surface area contributed by atoms with Crippen molar-refractivity contribution >= 4 is 17.5 Å². The molecule has 1 aromatic heterocycles. The van der Waals surface area contributed by atoms with E-state index in [9.17, 15) is 9.18 Å². The van der Waals surface area contributed by atoms with Crippen molar-refractivity contribution in [1.82, 2.24) is 15.3 Å². The maximum atomic E-state index is 14.8. The molecule has 160 valence electrons. The Morgan fingerprint density at radius 3 is 2.87 bits per heavy atom. The zero-order valence-electron chi connectivity index (χ0n) is 17.2. The molecule has 0 fully saturated rings. The van der Waals surface area contributed by atoms with Gasteiger partial charge in [0.2, 0.25) is 5.95 Å². The number of benzene rings is 2. The van der Waals surface area contributed by atoms with Gasteiger partial charge >= 0.3 is 0 Å². The summed E-state index contributed by atoms with van der Waals surface area (Å²) in [5, 5.41) is 5.96. The van der Waals surface area contributed by atoms with Crippen LogP contribution in [0, 0.1) is 5.82 Å². The summed E-state index contributed by atoms with van der Waals surface area (Å²) in [5.41, 5.74) is 2.63. The summed E-state index contributed by atoms with van der Waals surface area (Å²) in [5.74, 6) is 0.222. The van der Waals surface area contributed by atoms with Crippen molar-refractivity contribution in [3.8, 4) is 17.0 Å². The van der Waals surface area contributed by atoms with E-state index in [0.29, 0.717) is 37.0 Å². The lowest BCUT2D eigenvalue weighted by Crippen LogP contribution is -2.24. The number of hydrogen-bond donors (Lipinski definition) is 2. The number of aromatic nitrogens is 2. The van der Waals surface area contributed by atoms with Gasteiger partial charge < -0.3 is 20.1 Å². The highest BCUT2D eigenvalue weighted by molar-refractivity contribution is 5.94. The Balaban J connectivity index is 1.69. The van der Waals surface area contributed by atoms with Crippen molar-refractivity contribution in [3.63, 3.8) is 0 Å². The zero-order chi connectivity index (χ0) is 21.6. The number of amides is 1. The number of carbonyl (C=O) groups is 1. The van der Waals surface area contributed by atoms with Crippen molar-refractivity contribution in [2.75, 3.05) is 25.6 Å². The third kappa shape index (κ3) is 4.97. The number of nitrogens with zero attached hydrogens (tertiary/aromatic N) is 2. The van der Waals surface area contributed by atoms with Crippen LogP contribution >= 0.6 is 0 Å². The molecule has 3 heterocycles. The van der Waals surface area contributed by atoms with E-state index in [4.69, 9.17) is 9.47 Å². The summed E-state index contributed by atoms with van der Waals surface area (Å²) in [6.45, 7) is 1.43. The van der Waals surface area contributed by atoms with Crippen LogP contribution in [0.5, 0.6) is 5.75 Å². The van der Waals surface area contributed by atoms with E-state index in [0.717, 1.165) is 29.8 Å². The Morgan fingerprint density at radius 1 is 1.13 bits per heavy atom. The van der Waals surface area contributed by atoms with Gasteiger partial charge in [-0.2, -0.15) is 0 Å². The van der Waals surface area contributed by atoms with Gasteiger partial charge in [-0.05, 0) is 55.3 Å².